The molecule has 0 aromatic heterocycles. The second kappa shape index (κ2) is 4.24. The van der Waals surface area contributed by atoms with Gasteiger partial charge in [0.2, 0.25) is 11.1 Å². The molecule has 92 valence electrons. The second-order valence-corrected chi connectivity index (χ2v) is 3.50. The Balaban J connectivity index is 5.33. The van der Waals surface area contributed by atoms with Gasteiger partial charge in [-0.1, -0.05) is 0 Å². The maximum absolute atomic E-state index is 12.7. The van der Waals surface area contributed by atoms with E-state index in [1.165, 1.54) is 0 Å². The van der Waals surface area contributed by atoms with Crippen LogP contribution in [0.1, 0.15) is 6.92 Å². The zero-order chi connectivity index (χ0) is 12.5. The predicted molar refractivity (Wildman–Crippen MR) is 35.7 cm³/mol. The van der Waals surface area contributed by atoms with Crippen LogP contribution in [0.4, 0.5) is 30.7 Å². The molecule has 1 unspecified atom stereocenters. The summed E-state index contributed by atoms with van der Waals surface area (Å²) in [4.78, 5) is 0. The lowest BCUT2D eigenvalue weighted by atomic mass is 10.3. The fraction of sp³-hybridized carbons (Fsp3) is 1.00. The van der Waals surface area contributed by atoms with Crippen molar-refractivity contribution in [1.82, 2.24) is 0 Å². The van der Waals surface area contributed by atoms with E-state index in [0.717, 1.165) is 6.92 Å². The van der Waals surface area contributed by atoms with Gasteiger partial charge in [-0.2, -0.15) is 26.3 Å². The first-order valence-corrected chi connectivity index (χ1v) is 4.43. The zero-order valence-corrected chi connectivity index (χ0v) is 7.89. The van der Waals surface area contributed by atoms with Gasteiger partial charge < -0.3 is 0 Å². The van der Waals surface area contributed by atoms with Crippen molar-refractivity contribution in [2.24, 2.45) is 0 Å². The highest BCUT2D eigenvalue weighted by Gasteiger charge is 2.77. The van der Waals surface area contributed by atoms with Crippen molar-refractivity contribution in [2.75, 3.05) is 6.61 Å². The van der Waals surface area contributed by atoms with Gasteiger partial charge in [0.25, 0.3) is 0 Å². The highest BCUT2D eigenvalue weighted by atomic mass is 32.2. The molecule has 0 heterocycles. The Morgan fingerprint density at radius 3 is 1.53 bits per heavy atom. The Morgan fingerprint density at radius 2 is 1.33 bits per heavy atom. The molecular formula is C5H5F7O2S. The summed E-state index contributed by atoms with van der Waals surface area (Å²) >= 11 is -4.18. The van der Waals surface area contributed by atoms with Crippen molar-refractivity contribution in [3.8, 4) is 0 Å². The monoisotopic (exact) mass is 262 g/mol. The normalized spacial score (nSPS) is 16.5. The van der Waals surface area contributed by atoms with Gasteiger partial charge in [-0.05, 0) is 6.92 Å². The average Bonchev–Trinajstić information content (AvgIpc) is 1.99. The van der Waals surface area contributed by atoms with E-state index < -0.39 is 35.0 Å². The van der Waals surface area contributed by atoms with E-state index in [2.05, 4.69) is 4.18 Å². The zero-order valence-electron chi connectivity index (χ0n) is 7.08. The SMILES string of the molecule is CCOS(=O)C(F)(C(F)(F)F)C(F)(F)F. The number of hydrogen-bond donors (Lipinski definition) is 0. The van der Waals surface area contributed by atoms with E-state index in [9.17, 15) is 34.9 Å². The van der Waals surface area contributed by atoms with Crippen LogP contribution in [0, 0.1) is 0 Å². The predicted octanol–water partition coefficient (Wildman–Crippen LogP) is 2.48. The highest BCUT2D eigenvalue weighted by molar-refractivity contribution is 7.81. The summed E-state index contributed by atoms with van der Waals surface area (Å²) in [6, 6.07) is 0. The Bertz CT molecular complexity index is 231. The lowest BCUT2D eigenvalue weighted by Gasteiger charge is -2.27. The molecule has 10 heteroatoms. The summed E-state index contributed by atoms with van der Waals surface area (Å²) < 4.78 is 97.5. The Morgan fingerprint density at radius 1 is 1.00 bits per heavy atom. The maximum Gasteiger partial charge on any atom is 0.446 e. The smallest absolute Gasteiger partial charge is 0.288 e. The van der Waals surface area contributed by atoms with Gasteiger partial charge in [0.15, 0.2) is 0 Å². The molecule has 2 nitrogen and oxygen atoms in total. The Labute approximate surface area is 82.1 Å². The van der Waals surface area contributed by atoms with E-state index in [0.29, 0.717) is 0 Å². The molecule has 0 saturated carbocycles. The molecule has 0 aromatic carbocycles. The van der Waals surface area contributed by atoms with Crippen molar-refractivity contribution in [2.45, 2.75) is 24.3 Å². The molecule has 0 amide bonds. The summed E-state index contributed by atoms with van der Waals surface area (Å²) in [6.45, 7) is 0.232. The largest absolute Gasteiger partial charge is 0.446 e. The first-order chi connectivity index (χ1) is 6.48. The van der Waals surface area contributed by atoms with E-state index in [1.807, 2.05) is 0 Å². The lowest BCUT2D eigenvalue weighted by molar-refractivity contribution is -0.306. The van der Waals surface area contributed by atoms with Crippen LogP contribution in [-0.4, -0.2) is 28.2 Å². The third-order valence-electron chi connectivity index (χ3n) is 1.18. The molecule has 0 fully saturated rings. The van der Waals surface area contributed by atoms with Crippen LogP contribution in [0.3, 0.4) is 0 Å². The van der Waals surface area contributed by atoms with Gasteiger partial charge in [-0.25, -0.2) is 8.60 Å². The van der Waals surface area contributed by atoms with Crippen LogP contribution in [-0.2, 0) is 15.3 Å². The van der Waals surface area contributed by atoms with E-state index in [1.54, 1.807) is 0 Å². The first kappa shape index (κ1) is 14.6. The van der Waals surface area contributed by atoms with Crippen molar-refractivity contribution in [3.63, 3.8) is 0 Å². The van der Waals surface area contributed by atoms with Crippen LogP contribution >= 0.6 is 0 Å². The molecule has 0 rings (SSSR count). The highest BCUT2D eigenvalue weighted by Crippen LogP contribution is 2.48. The molecule has 0 aliphatic heterocycles. The summed E-state index contributed by atoms with van der Waals surface area (Å²) in [5.74, 6) is 0. The van der Waals surface area contributed by atoms with Gasteiger partial charge in [0.1, 0.15) is 0 Å². The van der Waals surface area contributed by atoms with E-state index >= 15 is 0 Å². The van der Waals surface area contributed by atoms with E-state index in [-0.39, 0.29) is 0 Å². The molecule has 0 bridgehead atoms. The second-order valence-electron chi connectivity index (χ2n) is 2.23. The summed E-state index contributed by atoms with van der Waals surface area (Å²) in [7, 11) is 0. The van der Waals surface area contributed by atoms with Crippen LogP contribution in [0.5, 0.6) is 0 Å². The molecule has 0 radical (unpaired) electrons. The van der Waals surface area contributed by atoms with Crippen LogP contribution < -0.4 is 0 Å². The molecular weight excluding hydrogens is 257 g/mol. The van der Waals surface area contributed by atoms with Crippen molar-refractivity contribution in [3.05, 3.63) is 0 Å². The average molecular weight is 262 g/mol. The van der Waals surface area contributed by atoms with Gasteiger partial charge in [0, 0.05) is 0 Å². The van der Waals surface area contributed by atoms with Crippen molar-refractivity contribution >= 4 is 11.1 Å². The van der Waals surface area contributed by atoms with Gasteiger partial charge in [-0.3, -0.25) is 4.18 Å². The molecule has 0 N–H and O–H groups in total. The molecule has 0 saturated heterocycles. The maximum atomic E-state index is 12.7. The summed E-state index contributed by atoms with van der Waals surface area (Å²) in [5, 5.41) is -5.87. The van der Waals surface area contributed by atoms with Gasteiger partial charge in [0.05, 0.1) is 6.61 Å². The standard InChI is InChI=1S/C5H5F7O2S/c1-2-14-15(13)3(6,4(7,8)9)5(10,11)12/h2H2,1H3. The number of rotatable bonds is 3. The van der Waals surface area contributed by atoms with E-state index in [4.69, 9.17) is 0 Å². The minimum atomic E-state index is -6.36. The minimum absolute atomic E-state index is 0.746. The van der Waals surface area contributed by atoms with Gasteiger partial charge in [-0.15, -0.1) is 0 Å². The van der Waals surface area contributed by atoms with Crippen molar-refractivity contribution in [1.29, 1.82) is 0 Å². The molecule has 0 spiro atoms. The Kier molecular flexibility index (Phi) is 4.13. The number of halogens is 7. The fourth-order valence-electron chi connectivity index (χ4n) is 0.538. The topological polar surface area (TPSA) is 26.3 Å². The fourth-order valence-corrected chi connectivity index (χ4v) is 1.29. The molecule has 0 aromatic rings. The Hall–Kier alpha value is -0.380. The third-order valence-corrected chi connectivity index (χ3v) is 2.56. The summed E-state index contributed by atoms with van der Waals surface area (Å²) in [5.41, 5.74) is 0. The first-order valence-electron chi connectivity index (χ1n) is 3.36. The van der Waals surface area contributed by atoms with Crippen LogP contribution in [0.2, 0.25) is 0 Å². The molecule has 1 atom stereocenters. The molecule has 15 heavy (non-hydrogen) atoms. The third kappa shape index (κ3) is 2.60. The van der Waals surface area contributed by atoms with Crippen LogP contribution in [0.15, 0.2) is 0 Å². The van der Waals surface area contributed by atoms with Crippen molar-refractivity contribution < 1.29 is 39.1 Å². The number of alkyl halides is 7. The molecule has 0 aliphatic carbocycles. The molecule has 0 aliphatic rings. The lowest BCUT2D eigenvalue weighted by Crippen LogP contribution is -2.56. The quantitative estimate of drug-likeness (QED) is 0.730. The summed E-state index contributed by atoms with van der Waals surface area (Å²) in [6.07, 6.45) is -12.7. The minimum Gasteiger partial charge on any atom is -0.288 e. The van der Waals surface area contributed by atoms with Gasteiger partial charge >= 0.3 is 17.4 Å². The van der Waals surface area contributed by atoms with Crippen LogP contribution in [0.25, 0.3) is 0 Å². The number of hydrogen-bond acceptors (Lipinski definition) is 2.